The third kappa shape index (κ3) is 4.30. The third-order valence-electron chi connectivity index (χ3n) is 6.73. The summed E-state index contributed by atoms with van der Waals surface area (Å²) in [4.78, 5) is 29.0. The van der Waals surface area contributed by atoms with Crippen LogP contribution in [0.2, 0.25) is 0 Å². The van der Waals surface area contributed by atoms with Gasteiger partial charge in [0, 0.05) is 41.3 Å². The van der Waals surface area contributed by atoms with Gasteiger partial charge in [0.1, 0.15) is 17.6 Å². The number of methoxy groups -OCH3 is 1. The second-order valence-corrected chi connectivity index (χ2v) is 10.1. The van der Waals surface area contributed by atoms with Crippen molar-refractivity contribution in [3.63, 3.8) is 0 Å². The molecule has 2 aliphatic rings. The monoisotopic (exact) mass is 505 g/mol. The van der Waals surface area contributed by atoms with E-state index in [-0.39, 0.29) is 24.1 Å². The summed E-state index contributed by atoms with van der Waals surface area (Å²) in [6.07, 6.45) is 5.02. The summed E-state index contributed by atoms with van der Waals surface area (Å²) >= 11 is 1.42. The quantitative estimate of drug-likeness (QED) is 0.524. The van der Waals surface area contributed by atoms with Crippen molar-refractivity contribution < 1.29 is 18.7 Å². The van der Waals surface area contributed by atoms with Gasteiger partial charge in [0.05, 0.1) is 17.9 Å². The Balaban J connectivity index is 1.60. The molecule has 0 radical (unpaired) electrons. The normalized spacial score (nSPS) is 19.9. The van der Waals surface area contributed by atoms with Crippen molar-refractivity contribution in [1.29, 1.82) is 0 Å². The van der Waals surface area contributed by atoms with Gasteiger partial charge < -0.3 is 14.6 Å². The molecule has 5 rings (SSSR count). The van der Waals surface area contributed by atoms with Crippen molar-refractivity contribution in [2.45, 2.75) is 24.4 Å². The Hall–Kier alpha value is -3.52. The van der Waals surface area contributed by atoms with Crippen LogP contribution >= 0.6 is 11.8 Å². The number of anilines is 1. The summed E-state index contributed by atoms with van der Waals surface area (Å²) in [5, 5.41) is 4.85. The molecule has 0 fully saturated rings. The molecule has 3 aromatic rings. The summed E-state index contributed by atoms with van der Waals surface area (Å²) in [6, 6.07) is 12.7. The standard InChI is InChI=1S/C28H28FN3O3S/c1-17-8-13-23(35-3)18(14-17)15-30-27(34)26-25-21-6-4-5-7-22(21)31(2)28(25)36-16-24(33)32(26)20-11-9-19(29)10-12-20/h4-7,9-14,17,26H,8,15-16H2,1-3H3,(H,30,34). The molecule has 1 aromatic heterocycles. The van der Waals surface area contributed by atoms with Gasteiger partial charge in [-0.2, -0.15) is 0 Å². The number of halogens is 1. The fraction of sp³-hybridized carbons (Fsp3) is 0.286. The molecular formula is C28H28FN3O3S. The maximum atomic E-state index is 14.0. The molecule has 186 valence electrons. The maximum Gasteiger partial charge on any atom is 0.248 e. The average Bonchev–Trinajstić information content (AvgIpc) is 3.06. The number of hydrogen-bond acceptors (Lipinski definition) is 4. The zero-order valence-corrected chi connectivity index (χ0v) is 21.3. The van der Waals surface area contributed by atoms with Crippen LogP contribution in [0.5, 0.6) is 0 Å². The largest absolute Gasteiger partial charge is 0.497 e. The molecule has 0 spiro atoms. The van der Waals surface area contributed by atoms with Crippen LogP contribution in [-0.4, -0.2) is 35.8 Å². The average molecular weight is 506 g/mol. The van der Waals surface area contributed by atoms with Crippen molar-refractivity contribution in [3.05, 3.63) is 83.4 Å². The molecule has 2 aromatic carbocycles. The van der Waals surface area contributed by atoms with E-state index < -0.39 is 11.9 Å². The highest BCUT2D eigenvalue weighted by atomic mass is 32.2. The molecule has 36 heavy (non-hydrogen) atoms. The molecule has 8 heteroatoms. The number of benzene rings is 2. The Bertz CT molecular complexity index is 1390. The number of rotatable bonds is 5. The van der Waals surface area contributed by atoms with Gasteiger partial charge >= 0.3 is 0 Å². The number of carbonyl (C=O) groups is 2. The zero-order valence-electron chi connectivity index (χ0n) is 20.5. The number of thioether (sulfide) groups is 1. The van der Waals surface area contributed by atoms with Gasteiger partial charge in [-0.3, -0.25) is 14.5 Å². The summed E-state index contributed by atoms with van der Waals surface area (Å²) < 4.78 is 21.3. The molecule has 6 nitrogen and oxygen atoms in total. The third-order valence-corrected chi connectivity index (χ3v) is 7.89. The van der Waals surface area contributed by atoms with Crippen LogP contribution in [0, 0.1) is 11.7 Å². The Labute approximate surface area is 213 Å². The lowest BCUT2D eigenvalue weighted by Crippen LogP contribution is -2.44. The van der Waals surface area contributed by atoms with Crippen LogP contribution in [0.1, 0.15) is 24.9 Å². The van der Waals surface area contributed by atoms with E-state index >= 15 is 0 Å². The SMILES string of the molecule is COC1=CCC(C)C=C1CNC(=O)C1c2c(n(C)c3ccccc23)SCC(=O)N1c1ccc(F)cc1. The minimum absolute atomic E-state index is 0.164. The Morgan fingerprint density at radius 3 is 2.69 bits per heavy atom. The van der Waals surface area contributed by atoms with Crippen LogP contribution in [-0.2, 0) is 21.4 Å². The number of aromatic nitrogens is 1. The minimum Gasteiger partial charge on any atom is -0.497 e. The Morgan fingerprint density at radius 1 is 1.19 bits per heavy atom. The van der Waals surface area contributed by atoms with Crippen LogP contribution in [0.15, 0.2) is 77.0 Å². The smallest absolute Gasteiger partial charge is 0.248 e. The van der Waals surface area contributed by atoms with Crippen molar-refractivity contribution in [3.8, 4) is 0 Å². The molecule has 1 N–H and O–H groups in total. The highest BCUT2D eigenvalue weighted by Crippen LogP contribution is 2.43. The summed E-state index contributed by atoms with van der Waals surface area (Å²) in [5.74, 6) is 0.336. The van der Waals surface area contributed by atoms with Crippen LogP contribution in [0.4, 0.5) is 10.1 Å². The molecule has 1 aliphatic carbocycles. The topological polar surface area (TPSA) is 63.6 Å². The van der Waals surface area contributed by atoms with Crippen molar-refractivity contribution in [2.24, 2.45) is 13.0 Å². The van der Waals surface area contributed by atoms with Crippen LogP contribution < -0.4 is 10.2 Å². The summed E-state index contributed by atoms with van der Waals surface area (Å²) in [6.45, 7) is 2.39. The molecule has 0 saturated heterocycles. The van der Waals surface area contributed by atoms with Gasteiger partial charge in [0.25, 0.3) is 0 Å². The number of amides is 2. The van der Waals surface area contributed by atoms with E-state index in [1.165, 1.54) is 28.8 Å². The first kappa shape index (κ1) is 24.2. The number of allylic oxidation sites excluding steroid dienone is 2. The Morgan fingerprint density at radius 2 is 1.94 bits per heavy atom. The number of hydrogen-bond donors (Lipinski definition) is 1. The van der Waals surface area contributed by atoms with Gasteiger partial charge in [-0.25, -0.2) is 4.39 Å². The highest BCUT2D eigenvalue weighted by molar-refractivity contribution is 8.00. The molecular weight excluding hydrogens is 477 g/mol. The van der Waals surface area contributed by atoms with Crippen LogP contribution in [0.3, 0.4) is 0 Å². The molecule has 2 atom stereocenters. The minimum atomic E-state index is -0.921. The summed E-state index contributed by atoms with van der Waals surface area (Å²) in [5.41, 5.74) is 3.14. The summed E-state index contributed by atoms with van der Waals surface area (Å²) in [7, 11) is 3.57. The fourth-order valence-corrected chi connectivity index (χ4v) is 6.08. The fourth-order valence-electron chi connectivity index (χ4n) is 5.01. The van der Waals surface area contributed by atoms with Gasteiger partial charge in [-0.15, -0.1) is 0 Å². The van der Waals surface area contributed by atoms with E-state index in [4.69, 9.17) is 4.74 Å². The number of para-hydroxylation sites is 1. The second-order valence-electron chi connectivity index (χ2n) is 9.12. The van der Waals surface area contributed by atoms with E-state index in [2.05, 4.69) is 18.3 Å². The lowest BCUT2D eigenvalue weighted by molar-refractivity contribution is -0.125. The van der Waals surface area contributed by atoms with E-state index in [1.54, 1.807) is 19.2 Å². The highest BCUT2D eigenvalue weighted by Gasteiger charge is 2.39. The van der Waals surface area contributed by atoms with Gasteiger partial charge in [-0.05, 0) is 48.7 Å². The first-order valence-corrected chi connectivity index (χ1v) is 12.9. The molecule has 2 heterocycles. The van der Waals surface area contributed by atoms with E-state index in [0.29, 0.717) is 11.6 Å². The Kier molecular flexibility index (Phi) is 6.62. The number of nitrogens with zero attached hydrogens (tertiary/aromatic N) is 2. The number of fused-ring (bicyclic) bond motifs is 3. The molecule has 1 aliphatic heterocycles. The first-order valence-electron chi connectivity index (χ1n) is 11.9. The van der Waals surface area contributed by atoms with E-state index in [0.717, 1.165) is 39.2 Å². The lowest BCUT2D eigenvalue weighted by Gasteiger charge is -2.30. The molecule has 2 amide bonds. The van der Waals surface area contributed by atoms with Crippen molar-refractivity contribution in [1.82, 2.24) is 9.88 Å². The predicted octanol–water partition coefficient (Wildman–Crippen LogP) is 5.11. The van der Waals surface area contributed by atoms with Gasteiger partial charge in [-0.1, -0.05) is 43.0 Å². The first-order chi connectivity index (χ1) is 17.4. The number of carbonyl (C=O) groups excluding carboxylic acids is 2. The maximum absolute atomic E-state index is 14.0. The molecule has 0 saturated carbocycles. The van der Waals surface area contributed by atoms with Crippen molar-refractivity contribution >= 4 is 40.2 Å². The number of aryl methyl sites for hydroxylation is 1. The van der Waals surface area contributed by atoms with E-state index in [1.807, 2.05) is 42.0 Å². The lowest BCUT2D eigenvalue weighted by atomic mass is 9.96. The second kappa shape index (κ2) is 9.85. The van der Waals surface area contributed by atoms with Crippen LogP contribution in [0.25, 0.3) is 10.9 Å². The predicted molar refractivity (Wildman–Crippen MR) is 140 cm³/mol. The zero-order chi connectivity index (χ0) is 25.4. The molecule has 0 bridgehead atoms. The number of ether oxygens (including phenoxy) is 1. The number of nitrogens with one attached hydrogen (secondary N) is 1. The van der Waals surface area contributed by atoms with Gasteiger partial charge in [0.2, 0.25) is 11.8 Å². The molecule has 2 unspecified atom stereocenters. The van der Waals surface area contributed by atoms with Crippen molar-refractivity contribution in [2.75, 3.05) is 24.3 Å². The van der Waals surface area contributed by atoms with Gasteiger partial charge in [0.15, 0.2) is 0 Å². The van der Waals surface area contributed by atoms with E-state index in [9.17, 15) is 14.0 Å².